The highest BCUT2D eigenvalue weighted by Crippen LogP contribution is 2.27. The number of pyridine rings is 2. The number of aliphatic hydroxyl groups is 1. The number of fused-ring (bicyclic) bond motifs is 1. The number of rotatable bonds is 1. The molecule has 2 heterocycles. The molecular weight excluding hydrogens is 237 g/mol. The van der Waals surface area contributed by atoms with Crippen LogP contribution < -0.4 is 5.56 Å². The van der Waals surface area contributed by atoms with Gasteiger partial charge in [0.05, 0.1) is 17.6 Å². The van der Waals surface area contributed by atoms with Crippen molar-refractivity contribution in [1.82, 2.24) is 9.97 Å². The second-order valence-corrected chi connectivity index (χ2v) is 3.44. The standard InChI is InChI=1S/C10H7F3N2O2/c11-10(12,13)6-2-7-8(15-9(6)17)1-5(4-16)3-14-7/h1-3,16H,4H2,(H,15,17). The molecule has 7 heteroatoms. The third-order valence-corrected chi connectivity index (χ3v) is 2.24. The van der Waals surface area contributed by atoms with Crippen LogP contribution in [0.5, 0.6) is 0 Å². The smallest absolute Gasteiger partial charge is 0.392 e. The van der Waals surface area contributed by atoms with Crippen molar-refractivity contribution >= 4 is 11.0 Å². The Labute approximate surface area is 92.7 Å². The summed E-state index contributed by atoms with van der Waals surface area (Å²) in [6, 6.07) is 2.07. The molecule has 2 N–H and O–H groups in total. The van der Waals surface area contributed by atoms with E-state index in [9.17, 15) is 18.0 Å². The minimum atomic E-state index is -4.71. The van der Waals surface area contributed by atoms with Gasteiger partial charge in [0.25, 0.3) is 5.56 Å². The molecule has 90 valence electrons. The second-order valence-electron chi connectivity index (χ2n) is 3.44. The summed E-state index contributed by atoms with van der Waals surface area (Å²) in [6.07, 6.45) is -3.46. The lowest BCUT2D eigenvalue weighted by Crippen LogP contribution is -2.21. The van der Waals surface area contributed by atoms with Gasteiger partial charge in [-0.2, -0.15) is 13.2 Å². The molecule has 17 heavy (non-hydrogen) atoms. The number of aromatic nitrogens is 2. The van der Waals surface area contributed by atoms with Crippen molar-refractivity contribution in [1.29, 1.82) is 0 Å². The van der Waals surface area contributed by atoms with E-state index in [2.05, 4.69) is 9.97 Å². The minimum absolute atomic E-state index is 0.0223. The first-order chi connectivity index (χ1) is 7.91. The number of hydrogen-bond acceptors (Lipinski definition) is 3. The fourth-order valence-corrected chi connectivity index (χ4v) is 1.42. The van der Waals surface area contributed by atoms with Gasteiger partial charge in [-0.15, -0.1) is 0 Å². The molecule has 0 bridgehead atoms. The van der Waals surface area contributed by atoms with Gasteiger partial charge in [-0.05, 0) is 17.7 Å². The van der Waals surface area contributed by atoms with Crippen molar-refractivity contribution in [2.24, 2.45) is 0 Å². The van der Waals surface area contributed by atoms with Gasteiger partial charge in [0, 0.05) is 6.20 Å². The molecule has 0 saturated heterocycles. The first-order valence-corrected chi connectivity index (χ1v) is 4.62. The summed E-state index contributed by atoms with van der Waals surface area (Å²) in [6.45, 7) is -0.300. The van der Waals surface area contributed by atoms with E-state index in [4.69, 9.17) is 5.11 Å². The Morgan fingerprint density at radius 1 is 1.35 bits per heavy atom. The molecular formula is C10H7F3N2O2. The average Bonchev–Trinajstić information content (AvgIpc) is 2.25. The lowest BCUT2D eigenvalue weighted by atomic mass is 10.2. The number of nitrogens with zero attached hydrogens (tertiary/aromatic N) is 1. The van der Waals surface area contributed by atoms with Gasteiger partial charge in [-0.25, -0.2) is 0 Å². The third kappa shape index (κ3) is 2.14. The number of H-pyrrole nitrogens is 1. The fraction of sp³-hybridized carbons (Fsp3) is 0.200. The van der Waals surface area contributed by atoms with Crippen molar-refractivity contribution in [3.8, 4) is 0 Å². The molecule has 0 aliphatic rings. The summed E-state index contributed by atoms with van der Waals surface area (Å²) < 4.78 is 37.3. The molecule has 0 aliphatic carbocycles. The van der Waals surface area contributed by atoms with Crippen LogP contribution >= 0.6 is 0 Å². The molecule has 4 nitrogen and oxygen atoms in total. The Bertz CT molecular complexity index is 619. The number of aromatic amines is 1. The van der Waals surface area contributed by atoms with Gasteiger partial charge in [0.1, 0.15) is 5.56 Å². The van der Waals surface area contributed by atoms with Gasteiger partial charge in [0.15, 0.2) is 0 Å². The third-order valence-electron chi connectivity index (χ3n) is 2.24. The van der Waals surface area contributed by atoms with E-state index in [-0.39, 0.29) is 17.6 Å². The predicted octanol–water partition coefficient (Wildman–Crippen LogP) is 1.43. The van der Waals surface area contributed by atoms with E-state index in [0.717, 1.165) is 0 Å². The zero-order chi connectivity index (χ0) is 12.6. The summed E-state index contributed by atoms with van der Waals surface area (Å²) in [7, 11) is 0. The normalized spacial score (nSPS) is 12.0. The highest BCUT2D eigenvalue weighted by molar-refractivity contribution is 5.74. The quantitative estimate of drug-likeness (QED) is 0.797. The van der Waals surface area contributed by atoms with E-state index in [0.29, 0.717) is 11.6 Å². The summed E-state index contributed by atoms with van der Waals surface area (Å²) >= 11 is 0. The Balaban J connectivity index is 2.71. The largest absolute Gasteiger partial charge is 0.421 e. The molecule has 2 aromatic rings. The van der Waals surface area contributed by atoms with Gasteiger partial charge >= 0.3 is 6.18 Å². The van der Waals surface area contributed by atoms with Crippen LogP contribution in [0.15, 0.2) is 23.1 Å². The first kappa shape index (κ1) is 11.6. The zero-order valence-electron chi connectivity index (χ0n) is 8.38. The van der Waals surface area contributed by atoms with Crippen LogP contribution in [-0.2, 0) is 12.8 Å². The monoisotopic (exact) mass is 244 g/mol. The molecule has 0 spiro atoms. The van der Waals surface area contributed by atoms with Crippen LogP contribution in [0, 0.1) is 0 Å². The summed E-state index contributed by atoms with van der Waals surface area (Å²) in [4.78, 5) is 17.0. The molecule has 2 rings (SSSR count). The van der Waals surface area contributed by atoms with E-state index >= 15 is 0 Å². The average molecular weight is 244 g/mol. The molecule has 2 aromatic heterocycles. The lowest BCUT2D eigenvalue weighted by Gasteiger charge is -2.06. The first-order valence-electron chi connectivity index (χ1n) is 4.62. The van der Waals surface area contributed by atoms with Gasteiger partial charge in [-0.3, -0.25) is 9.78 Å². The number of hydrogen-bond donors (Lipinski definition) is 2. The zero-order valence-corrected chi connectivity index (χ0v) is 8.38. The van der Waals surface area contributed by atoms with E-state index < -0.39 is 17.3 Å². The van der Waals surface area contributed by atoms with Gasteiger partial charge in [0.2, 0.25) is 0 Å². The van der Waals surface area contributed by atoms with Crippen LogP contribution in [0.4, 0.5) is 13.2 Å². The van der Waals surface area contributed by atoms with Crippen LogP contribution in [0.1, 0.15) is 11.1 Å². The summed E-state index contributed by atoms with van der Waals surface area (Å²) in [5.74, 6) is 0. The SMILES string of the molecule is O=c1[nH]c2cc(CO)cnc2cc1C(F)(F)F. The molecule has 0 aromatic carbocycles. The summed E-state index contributed by atoms with van der Waals surface area (Å²) in [5, 5.41) is 8.84. The molecule has 0 saturated carbocycles. The van der Waals surface area contributed by atoms with E-state index in [1.165, 1.54) is 12.3 Å². The fourth-order valence-electron chi connectivity index (χ4n) is 1.42. The van der Waals surface area contributed by atoms with Gasteiger partial charge < -0.3 is 10.1 Å². The molecule has 0 atom stereocenters. The predicted molar refractivity (Wildman–Crippen MR) is 53.3 cm³/mol. The molecule has 0 aliphatic heterocycles. The maximum Gasteiger partial charge on any atom is 0.421 e. The highest BCUT2D eigenvalue weighted by atomic mass is 19.4. The summed E-state index contributed by atoms with van der Waals surface area (Å²) in [5.41, 5.74) is -1.91. The van der Waals surface area contributed by atoms with Crippen LogP contribution in [0.3, 0.4) is 0 Å². The number of aliphatic hydroxyl groups excluding tert-OH is 1. The lowest BCUT2D eigenvalue weighted by molar-refractivity contribution is -0.138. The van der Waals surface area contributed by atoms with E-state index in [1.807, 2.05) is 0 Å². The van der Waals surface area contributed by atoms with Crippen LogP contribution in [0.2, 0.25) is 0 Å². The van der Waals surface area contributed by atoms with Crippen LogP contribution in [0.25, 0.3) is 11.0 Å². The molecule has 0 unspecified atom stereocenters. The van der Waals surface area contributed by atoms with Crippen molar-refractivity contribution in [3.63, 3.8) is 0 Å². The maximum absolute atomic E-state index is 12.4. The Morgan fingerprint density at radius 2 is 2.06 bits per heavy atom. The number of halogens is 3. The maximum atomic E-state index is 12.4. The van der Waals surface area contributed by atoms with Crippen molar-refractivity contribution in [3.05, 3.63) is 39.8 Å². The molecule has 0 fully saturated rings. The van der Waals surface area contributed by atoms with E-state index in [1.54, 1.807) is 0 Å². The minimum Gasteiger partial charge on any atom is -0.392 e. The topological polar surface area (TPSA) is 66.0 Å². The van der Waals surface area contributed by atoms with Crippen molar-refractivity contribution in [2.75, 3.05) is 0 Å². The van der Waals surface area contributed by atoms with Crippen molar-refractivity contribution in [2.45, 2.75) is 12.8 Å². The molecule has 0 amide bonds. The second kappa shape index (κ2) is 3.85. The van der Waals surface area contributed by atoms with Crippen LogP contribution in [-0.4, -0.2) is 15.1 Å². The van der Waals surface area contributed by atoms with Crippen molar-refractivity contribution < 1.29 is 18.3 Å². The number of alkyl halides is 3. The number of nitrogens with one attached hydrogen (secondary N) is 1. The Kier molecular flexibility index (Phi) is 2.62. The highest BCUT2D eigenvalue weighted by Gasteiger charge is 2.34. The Morgan fingerprint density at radius 3 is 2.65 bits per heavy atom. The van der Waals surface area contributed by atoms with Gasteiger partial charge in [-0.1, -0.05) is 0 Å². The Hall–Kier alpha value is -1.89. The molecule has 0 radical (unpaired) electrons.